The highest BCUT2D eigenvalue weighted by Gasteiger charge is 2.06. The summed E-state index contributed by atoms with van der Waals surface area (Å²) in [6.45, 7) is 1.97. The third kappa shape index (κ3) is 2.32. The van der Waals surface area contributed by atoms with Gasteiger partial charge in [-0.15, -0.1) is 0 Å². The second-order valence-corrected chi connectivity index (χ2v) is 3.30. The second kappa shape index (κ2) is 4.75. The molecule has 0 fully saturated rings. The van der Waals surface area contributed by atoms with Crippen LogP contribution in [0.25, 0.3) is 0 Å². The Morgan fingerprint density at radius 2 is 2.29 bits per heavy atom. The molecule has 3 nitrogen and oxygen atoms in total. The number of nitrogens with two attached hydrogens (primary N) is 1. The summed E-state index contributed by atoms with van der Waals surface area (Å²) in [5.74, 6) is 0. The Hall–Kier alpha value is -1.37. The first kappa shape index (κ1) is 10.7. The highest BCUT2D eigenvalue weighted by atomic mass is 16.3. The molecule has 0 aliphatic rings. The number of rotatable bonds is 3. The molecule has 0 saturated heterocycles. The number of nitrogens with zero attached hydrogens (tertiary/aromatic N) is 1. The summed E-state index contributed by atoms with van der Waals surface area (Å²) < 4.78 is 0. The van der Waals surface area contributed by atoms with Crippen molar-refractivity contribution in [2.45, 2.75) is 19.4 Å². The van der Waals surface area contributed by atoms with Crippen LogP contribution in [0.2, 0.25) is 0 Å². The average molecular weight is 190 g/mol. The molecular formula is C11H14N2O. The molecule has 1 atom stereocenters. The van der Waals surface area contributed by atoms with Crippen LogP contribution >= 0.6 is 0 Å². The van der Waals surface area contributed by atoms with Gasteiger partial charge in [0.05, 0.1) is 11.6 Å². The molecule has 1 aromatic carbocycles. The van der Waals surface area contributed by atoms with E-state index in [1.165, 1.54) is 0 Å². The van der Waals surface area contributed by atoms with Crippen molar-refractivity contribution in [2.75, 3.05) is 6.61 Å². The van der Waals surface area contributed by atoms with Crippen LogP contribution in [0.3, 0.4) is 0 Å². The van der Waals surface area contributed by atoms with Gasteiger partial charge in [-0.1, -0.05) is 12.1 Å². The van der Waals surface area contributed by atoms with Crippen molar-refractivity contribution in [3.05, 3.63) is 34.9 Å². The summed E-state index contributed by atoms with van der Waals surface area (Å²) in [4.78, 5) is 0. The predicted octanol–water partition coefficient (Wildman–Crippen LogP) is 1.25. The number of hydrogen-bond donors (Lipinski definition) is 2. The molecule has 74 valence electrons. The largest absolute Gasteiger partial charge is 0.396 e. The fourth-order valence-corrected chi connectivity index (χ4v) is 1.35. The Morgan fingerprint density at radius 1 is 1.57 bits per heavy atom. The second-order valence-electron chi connectivity index (χ2n) is 3.30. The highest BCUT2D eigenvalue weighted by molar-refractivity contribution is 5.40. The fraction of sp³-hybridized carbons (Fsp3) is 0.364. The normalized spacial score (nSPS) is 12.1. The Balaban J connectivity index is 2.92. The molecule has 14 heavy (non-hydrogen) atoms. The summed E-state index contributed by atoms with van der Waals surface area (Å²) >= 11 is 0. The Kier molecular flexibility index (Phi) is 3.63. The molecule has 0 bridgehead atoms. The zero-order chi connectivity index (χ0) is 10.6. The van der Waals surface area contributed by atoms with Gasteiger partial charge in [-0.3, -0.25) is 0 Å². The first-order valence-corrected chi connectivity index (χ1v) is 4.56. The van der Waals surface area contributed by atoms with Crippen molar-refractivity contribution < 1.29 is 5.11 Å². The van der Waals surface area contributed by atoms with E-state index in [0.29, 0.717) is 12.0 Å². The number of hydrogen-bond acceptors (Lipinski definition) is 3. The lowest BCUT2D eigenvalue weighted by Gasteiger charge is -2.11. The molecule has 0 spiro atoms. The fourth-order valence-electron chi connectivity index (χ4n) is 1.35. The third-order valence-corrected chi connectivity index (χ3v) is 2.24. The molecule has 0 saturated carbocycles. The van der Waals surface area contributed by atoms with Crippen LogP contribution in [0.1, 0.15) is 29.2 Å². The molecule has 3 N–H and O–H groups in total. The van der Waals surface area contributed by atoms with Crippen molar-refractivity contribution in [3.63, 3.8) is 0 Å². The van der Waals surface area contributed by atoms with Gasteiger partial charge in [0, 0.05) is 12.6 Å². The van der Waals surface area contributed by atoms with Gasteiger partial charge in [0.15, 0.2) is 0 Å². The molecule has 0 amide bonds. The number of aliphatic hydroxyl groups is 1. The smallest absolute Gasteiger partial charge is 0.0994 e. The molecule has 0 radical (unpaired) electrons. The molecule has 0 aliphatic heterocycles. The van der Waals surface area contributed by atoms with Crippen molar-refractivity contribution in [1.82, 2.24) is 0 Å². The van der Waals surface area contributed by atoms with Crippen molar-refractivity contribution in [3.8, 4) is 6.07 Å². The van der Waals surface area contributed by atoms with Crippen LogP contribution in [0.15, 0.2) is 18.2 Å². The lowest BCUT2D eigenvalue weighted by molar-refractivity contribution is 0.276. The Morgan fingerprint density at radius 3 is 2.79 bits per heavy atom. The quantitative estimate of drug-likeness (QED) is 0.753. The van der Waals surface area contributed by atoms with E-state index in [1.807, 2.05) is 19.1 Å². The zero-order valence-electron chi connectivity index (χ0n) is 8.20. The van der Waals surface area contributed by atoms with Crippen LogP contribution in [0, 0.1) is 18.3 Å². The Labute approximate surface area is 83.8 Å². The SMILES string of the molecule is Cc1cc(C(N)CCO)ccc1C#N. The summed E-state index contributed by atoms with van der Waals surface area (Å²) in [7, 11) is 0. The average Bonchev–Trinajstić information content (AvgIpc) is 2.18. The minimum atomic E-state index is -0.147. The van der Waals surface area contributed by atoms with Crippen LogP contribution in [0.4, 0.5) is 0 Å². The van der Waals surface area contributed by atoms with Gasteiger partial charge in [-0.2, -0.15) is 5.26 Å². The van der Waals surface area contributed by atoms with E-state index in [0.717, 1.165) is 11.1 Å². The maximum atomic E-state index is 8.74. The van der Waals surface area contributed by atoms with E-state index in [-0.39, 0.29) is 12.6 Å². The molecule has 1 aromatic rings. The molecule has 0 heterocycles. The van der Waals surface area contributed by atoms with Crippen LogP contribution in [0.5, 0.6) is 0 Å². The summed E-state index contributed by atoms with van der Waals surface area (Å²) in [5, 5.41) is 17.5. The van der Waals surface area contributed by atoms with E-state index in [1.54, 1.807) is 6.07 Å². The van der Waals surface area contributed by atoms with E-state index in [2.05, 4.69) is 6.07 Å². The lowest BCUT2D eigenvalue weighted by atomic mass is 10.00. The van der Waals surface area contributed by atoms with Gasteiger partial charge in [-0.05, 0) is 30.5 Å². The van der Waals surface area contributed by atoms with E-state index < -0.39 is 0 Å². The first-order valence-electron chi connectivity index (χ1n) is 4.56. The van der Waals surface area contributed by atoms with E-state index in [4.69, 9.17) is 16.1 Å². The number of benzene rings is 1. The standard InChI is InChI=1S/C11H14N2O/c1-8-6-9(11(13)4-5-14)2-3-10(8)7-12/h2-3,6,11,14H,4-5,13H2,1H3. The van der Waals surface area contributed by atoms with Gasteiger partial charge in [0.2, 0.25) is 0 Å². The predicted molar refractivity (Wildman–Crippen MR) is 54.5 cm³/mol. The van der Waals surface area contributed by atoms with Crippen LogP contribution in [-0.4, -0.2) is 11.7 Å². The summed E-state index contributed by atoms with van der Waals surface area (Å²) in [6.07, 6.45) is 0.547. The maximum Gasteiger partial charge on any atom is 0.0994 e. The highest BCUT2D eigenvalue weighted by Crippen LogP contribution is 2.17. The third-order valence-electron chi connectivity index (χ3n) is 2.24. The molecule has 1 rings (SSSR count). The maximum absolute atomic E-state index is 8.74. The number of aliphatic hydroxyl groups excluding tert-OH is 1. The van der Waals surface area contributed by atoms with Gasteiger partial charge < -0.3 is 10.8 Å². The minimum absolute atomic E-state index is 0.0835. The molecule has 0 aromatic heterocycles. The first-order chi connectivity index (χ1) is 6.69. The van der Waals surface area contributed by atoms with Crippen LogP contribution < -0.4 is 5.73 Å². The molecule has 0 aliphatic carbocycles. The Bertz CT molecular complexity index is 355. The van der Waals surface area contributed by atoms with Crippen molar-refractivity contribution >= 4 is 0 Å². The van der Waals surface area contributed by atoms with Gasteiger partial charge in [-0.25, -0.2) is 0 Å². The minimum Gasteiger partial charge on any atom is -0.396 e. The number of aryl methyl sites for hydroxylation is 1. The van der Waals surface area contributed by atoms with Gasteiger partial charge in [0.1, 0.15) is 0 Å². The topological polar surface area (TPSA) is 70.0 Å². The number of nitriles is 1. The van der Waals surface area contributed by atoms with Crippen molar-refractivity contribution in [2.24, 2.45) is 5.73 Å². The van der Waals surface area contributed by atoms with E-state index >= 15 is 0 Å². The van der Waals surface area contributed by atoms with Crippen molar-refractivity contribution in [1.29, 1.82) is 5.26 Å². The molecule has 1 unspecified atom stereocenters. The lowest BCUT2D eigenvalue weighted by Crippen LogP contribution is -2.12. The van der Waals surface area contributed by atoms with Gasteiger partial charge >= 0.3 is 0 Å². The zero-order valence-corrected chi connectivity index (χ0v) is 8.20. The monoisotopic (exact) mass is 190 g/mol. The molecular weight excluding hydrogens is 176 g/mol. The summed E-state index contributed by atoms with van der Waals surface area (Å²) in [6, 6.07) is 7.46. The van der Waals surface area contributed by atoms with Crippen LogP contribution in [-0.2, 0) is 0 Å². The van der Waals surface area contributed by atoms with E-state index in [9.17, 15) is 0 Å². The van der Waals surface area contributed by atoms with Gasteiger partial charge in [0.25, 0.3) is 0 Å². The summed E-state index contributed by atoms with van der Waals surface area (Å²) in [5.41, 5.74) is 8.39. The molecule has 3 heteroatoms.